The molecule has 1 amide bonds. The van der Waals surface area contributed by atoms with Gasteiger partial charge in [-0.25, -0.2) is 4.98 Å². The Labute approximate surface area is 94.7 Å². The highest BCUT2D eigenvalue weighted by atomic mass is 32.1. The molecule has 0 bridgehead atoms. The molecule has 0 aliphatic carbocycles. The van der Waals surface area contributed by atoms with Gasteiger partial charge in [0.05, 0.1) is 11.0 Å². The minimum atomic E-state index is -0.106. The molecular formula is C10H18N2O2S. The molecule has 0 radical (unpaired) electrons. The van der Waals surface area contributed by atoms with Crippen molar-refractivity contribution in [1.29, 1.82) is 0 Å². The van der Waals surface area contributed by atoms with Crippen LogP contribution in [0.4, 0.5) is 5.13 Å². The molecule has 1 heterocycles. The molecule has 0 fully saturated rings. The first-order valence-electron chi connectivity index (χ1n) is 4.89. The molecular weight excluding hydrogens is 212 g/mol. The lowest BCUT2D eigenvalue weighted by atomic mass is 10.4. The van der Waals surface area contributed by atoms with Gasteiger partial charge in [0.15, 0.2) is 5.13 Å². The van der Waals surface area contributed by atoms with Gasteiger partial charge in [-0.05, 0) is 6.92 Å². The first kappa shape index (κ1) is 14.1. The van der Waals surface area contributed by atoms with Crippen LogP contribution in [0.1, 0.15) is 38.7 Å². The number of amides is 1. The minimum absolute atomic E-state index is 0.0278. The summed E-state index contributed by atoms with van der Waals surface area (Å²) >= 11 is 1.43. The van der Waals surface area contributed by atoms with Crippen LogP contribution in [0.25, 0.3) is 0 Å². The number of rotatable bonds is 3. The molecule has 4 nitrogen and oxygen atoms in total. The summed E-state index contributed by atoms with van der Waals surface area (Å²) in [5, 5.41) is 3.23. The molecule has 0 aliphatic rings. The summed E-state index contributed by atoms with van der Waals surface area (Å²) < 4.78 is 5.11. The Bertz CT molecular complexity index is 299. The molecule has 1 aromatic heterocycles. The van der Waals surface area contributed by atoms with Crippen molar-refractivity contribution in [3.63, 3.8) is 0 Å². The van der Waals surface area contributed by atoms with E-state index in [0.717, 1.165) is 4.88 Å². The number of nitrogens with one attached hydrogen (secondary N) is 1. The maximum absolute atomic E-state index is 10.7. The molecule has 1 aromatic rings. The fourth-order valence-corrected chi connectivity index (χ4v) is 1.69. The number of hydrogen-bond donors (Lipinski definition) is 1. The van der Waals surface area contributed by atoms with E-state index in [-0.39, 0.29) is 12.0 Å². The molecule has 15 heavy (non-hydrogen) atoms. The number of anilines is 1. The van der Waals surface area contributed by atoms with Crippen LogP contribution in [0.15, 0.2) is 6.20 Å². The van der Waals surface area contributed by atoms with Gasteiger partial charge in [-0.15, -0.1) is 0 Å². The standard InChI is InChI=1S/C8H12N2O2S.C2H6/c1-5(12-3)7-4-9-8(13-7)10-6(2)11;1-2/h4-5H,1-3H3,(H,9,10,11);1-2H3. The molecule has 1 N–H and O–H groups in total. The van der Waals surface area contributed by atoms with Crippen molar-refractivity contribution in [2.75, 3.05) is 12.4 Å². The molecule has 0 spiro atoms. The zero-order valence-electron chi connectivity index (χ0n) is 9.83. The number of carbonyl (C=O) groups is 1. The first-order valence-corrected chi connectivity index (χ1v) is 5.71. The van der Waals surface area contributed by atoms with E-state index < -0.39 is 0 Å². The lowest BCUT2D eigenvalue weighted by Crippen LogP contribution is -2.04. The molecule has 0 aromatic carbocycles. The summed E-state index contributed by atoms with van der Waals surface area (Å²) in [6.07, 6.45) is 1.74. The van der Waals surface area contributed by atoms with Crippen LogP contribution >= 0.6 is 11.3 Å². The second-order valence-corrected chi connectivity index (χ2v) is 3.69. The SMILES string of the molecule is CC.COC(C)c1cnc(NC(C)=O)s1. The summed E-state index contributed by atoms with van der Waals surface area (Å²) in [6.45, 7) is 7.39. The minimum Gasteiger partial charge on any atom is -0.376 e. The molecule has 0 saturated carbocycles. The highest BCUT2D eigenvalue weighted by Crippen LogP contribution is 2.25. The average Bonchev–Trinajstić information content (AvgIpc) is 2.67. The molecule has 1 rings (SSSR count). The van der Waals surface area contributed by atoms with Crippen LogP contribution in [-0.2, 0) is 9.53 Å². The van der Waals surface area contributed by atoms with Gasteiger partial charge < -0.3 is 10.1 Å². The number of nitrogens with zero attached hydrogens (tertiary/aromatic N) is 1. The number of thiazole rings is 1. The number of aromatic nitrogens is 1. The van der Waals surface area contributed by atoms with Gasteiger partial charge in [-0.3, -0.25) is 4.79 Å². The molecule has 0 aliphatic heterocycles. The first-order chi connectivity index (χ1) is 7.13. The molecule has 0 saturated heterocycles. The summed E-state index contributed by atoms with van der Waals surface area (Å²) in [5.74, 6) is -0.106. The number of hydrogen-bond acceptors (Lipinski definition) is 4. The summed E-state index contributed by atoms with van der Waals surface area (Å²) in [6, 6.07) is 0. The lowest BCUT2D eigenvalue weighted by molar-refractivity contribution is -0.114. The Morgan fingerprint density at radius 2 is 2.20 bits per heavy atom. The lowest BCUT2D eigenvalue weighted by Gasteiger charge is -2.03. The van der Waals surface area contributed by atoms with Gasteiger partial charge in [0, 0.05) is 20.2 Å². The third-order valence-electron chi connectivity index (χ3n) is 1.56. The quantitative estimate of drug-likeness (QED) is 0.868. The van der Waals surface area contributed by atoms with Crippen molar-refractivity contribution in [1.82, 2.24) is 4.98 Å². The predicted octanol–water partition coefficient (Wildman–Crippen LogP) is 2.84. The molecule has 5 heteroatoms. The van der Waals surface area contributed by atoms with Crippen LogP contribution in [-0.4, -0.2) is 18.0 Å². The zero-order valence-corrected chi connectivity index (χ0v) is 10.6. The Hall–Kier alpha value is -0.940. The molecule has 86 valence electrons. The van der Waals surface area contributed by atoms with Gasteiger partial charge in [0.2, 0.25) is 5.91 Å². The van der Waals surface area contributed by atoms with Crippen LogP contribution in [0.3, 0.4) is 0 Å². The van der Waals surface area contributed by atoms with Gasteiger partial charge in [-0.1, -0.05) is 25.2 Å². The number of methoxy groups -OCH3 is 1. The van der Waals surface area contributed by atoms with Gasteiger partial charge in [0.1, 0.15) is 0 Å². The second kappa shape index (κ2) is 7.36. The van der Waals surface area contributed by atoms with E-state index >= 15 is 0 Å². The van der Waals surface area contributed by atoms with E-state index in [1.807, 2.05) is 20.8 Å². The predicted molar refractivity (Wildman–Crippen MR) is 63.2 cm³/mol. The Balaban J connectivity index is 0.000000921. The van der Waals surface area contributed by atoms with Crippen molar-refractivity contribution in [3.05, 3.63) is 11.1 Å². The Kier molecular flexibility index (Phi) is 6.90. The van der Waals surface area contributed by atoms with E-state index in [4.69, 9.17) is 4.74 Å². The van der Waals surface area contributed by atoms with Crippen LogP contribution < -0.4 is 5.32 Å². The normalized spacial score (nSPS) is 11.3. The number of carbonyl (C=O) groups excluding carboxylic acids is 1. The smallest absolute Gasteiger partial charge is 0.223 e. The van der Waals surface area contributed by atoms with Crippen LogP contribution in [0.2, 0.25) is 0 Å². The monoisotopic (exact) mass is 230 g/mol. The van der Waals surface area contributed by atoms with Gasteiger partial charge >= 0.3 is 0 Å². The van der Waals surface area contributed by atoms with Crippen molar-refractivity contribution < 1.29 is 9.53 Å². The van der Waals surface area contributed by atoms with E-state index in [0.29, 0.717) is 5.13 Å². The topological polar surface area (TPSA) is 51.2 Å². The van der Waals surface area contributed by atoms with Crippen molar-refractivity contribution in [3.8, 4) is 0 Å². The van der Waals surface area contributed by atoms with Crippen molar-refractivity contribution in [2.24, 2.45) is 0 Å². The third-order valence-corrected chi connectivity index (χ3v) is 2.63. The summed E-state index contributed by atoms with van der Waals surface area (Å²) in [7, 11) is 1.64. The van der Waals surface area contributed by atoms with E-state index in [1.54, 1.807) is 13.3 Å². The largest absolute Gasteiger partial charge is 0.376 e. The van der Waals surface area contributed by atoms with Gasteiger partial charge in [0.25, 0.3) is 0 Å². The highest BCUT2D eigenvalue weighted by Gasteiger charge is 2.08. The van der Waals surface area contributed by atoms with Crippen LogP contribution in [0, 0.1) is 0 Å². The summed E-state index contributed by atoms with van der Waals surface area (Å²) in [5.41, 5.74) is 0. The maximum Gasteiger partial charge on any atom is 0.223 e. The fraction of sp³-hybridized carbons (Fsp3) is 0.600. The van der Waals surface area contributed by atoms with E-state index in [2.05, 4.69) is 10.3 Å². The van der Waals surface area contributed by atoms with E-state index in [1.165, 1.54) is 18.3 Å². The second-order valence-electron chi connectivity index (χ2n) is 2.63. The van der Waals surface area contributed by atoms with E-state index in [9.17, 15) is 4.79 Å². The Morgan fingerprint density at radius 3 is 2.67 bits per heavy atom. The zero-order chi connectivity index (χ0) is 11.8. The average molecular weight is 230 g/mol. The fourth-order valence-electron chi connectivity index (χ4n) is 0.799. The summed E-state index contributed by atoms with van der Waals surface area (Å²) in [4.78, 5) is 15.7. The van der Waals surface area contributed by atoms with Crippen molar-refractivity contribution >= 4 is 22.4 Å². The number of ether oxygens (including phenoxy) is 1. The van der Waals surface area contributed by atoms with Gasteiger partial charge in [-0.2, -0.15) is 0 Å². The Morgan fingerprint density at radius 1 is 1.60 bits per heavy atom. The molecule has 1 atom stereocenters. The third kappa shape index (κ3) is 4.90. The maximum atomic E-state index is 10.7. The molecule has 1 unspecified atom stereocenters. The highest BCUT2D eigenvalue weighted by molar-refractivity contribution is 7.15. The van der Waals surface area contributed by atoms with Crippen LogP contribution in [0.5, 0.6) is 0 Å². The van der Waals surface area contributed by atoms with Crippen molar-refractivity contribution in [2.45, 2.75) is 33.8 Å².